The molecule has 1 heterocycles. The van der Waals surface area contributed by atoms with Crippen LogP contribution < -0.4 is 5.32 Å². The van der Waals surface area contributed by atoms with E-state index < -0.39 is 0 Å². The zero-order valence-electron chi connectivity index (χ0n) is 10.7. The summed E-state index contributed by atoms with van der Waals surface area (Å²) in [5.41, 5.74) is 1.96. The van der Waals surface area contributed by atoms with Gasteiger partial charge in [0, 0.05) is 16.2 Å². The number of hydrogen-bond donors (Lipinski definition) is 1. The van der Waals surface area contributed by atoms with Crippen molar-refractivity contribution >= 4 is 23.2 Å². The maximum absolute atomic E-state index is 6.23. The quantitative estimate of drug-likeness (QED) is 0.890. The highest BCUT2D eigenvalue weighted by molar-refractivity contribution is 6.36. The van der Waals surface area contributed by atoms with Gasteiger partial charge in [-0.25, -0.2) is 0 Å². The second kappa shape index (κ2) is 6.90. The van der Waals surface area contributed by atoms with Crippen molar-refractivity contribution < 1.29 is 0 Å². The van der Waals surface area contributed by atoms with Crippen molar-refractivity contribution in [2.45, 2.75) is 19.4 Å². The summed E-state index contributed by atoms with van der Waals surface area (Å²) in [6.07, 6.45) is 2.53. The summed E-state index contributed by atoms with van der Waals surface area (Å²) in [5, 5.41) is 4.82. The van der Waals surface area contributed by atoms with Crippen LogP contribution in [0.3, 0.4) is 0 Å². The zero-order valence-corrected chi connectivity index (χ0v) is 12.2. The van der Waals surface area contributed by atoms with Crippen LogP contribution in [0.25, 0.3) is 0 Å². The van der Waals surface area contributed by atoms with Crippen LogP contribution >= 0.6 is 23.2 Å². The highest BCUT2D eigenvalue weighted by Gasteiger charge is 2.16. The van der Waals surface area contributed by atoms with E-state index in [0.717, 1.165) is 24.2 Å². The topological polar surface area (TPSA) is 24.9 Å². The molecule has 2 nitrogen and oxygen atoms in total. The van der Waals surface area contributed by atoms with Gasteiger partial charge in [-0.15, -0.1) is 0 Å². The molecule has 100 valence electrons. The Morgan fingerprint density at radius 2 is 1.84 bits per heavy atom. The number of aromatic nitrogens is 1. The summed E-state index contributed by atoms with van der Waals surface area (Å²) in [7, 11) is 0. The Morgan fingerprint density at radius 1 is 1.11 bits per heavy atom. The van der Waals surface area contributed by atoms with Crippen LogP contribution in [0.15, 0.2) is 42.6 Å². The van der Waals surface area contributed by atoms with E-state index in [1.54, 1.807) is 6.20 Å². The second-order valence-electron chi connectivity index (χ2n) is 4.27. The predicted octanol–water partition coefficient (Wildman–Crippen LogP) is 4.28. The Hall–Kier alpha value is -1.09. The van der Waals surface area contributed by atoms with E-state index >= 15 is 0 Å². The molecular formula is C15H16Cl2N2. The van der Waals surface area contributed by atoms with Gasteiger partial charge in [0.15, 0.2) is 0 Å². The molecular weight excluding hydrogens is 279 g/mol. The number of likely N-dealkylation sites (N-methyl/N-ethyl adjacent to an activating group) is 1. The normalized spacial score (nSPS) is 12.4. The average molecular weight is 295 g/mol. The number of hydrogen-bond acceptors (Lipinski definition) is 2. The molecule has 0 fully saturated rings. The molecule has 0 radical (unpaired) electrons. The van der Waals surface area contributed by atoms with E-state index in [2.05, 4.69) is 17.2 Å². The van der Waals surface area contributed by atoms with Crippen LogP contribution in [0.4, 0.5) is 0 Å². The van der Waals surface area contributed by atoms with Gasteiger partial charge in [-0.3, -0.25) is 4.98 Å². The van der Waals surface area contributed by atoms with Crippen molar-refractivity contribution in [2.75, 3.05) is 6.54 Å². The minimum Gasteiger partial charge on any atom is -0.309 e. The first-order valence-electron chi connectivity index (χ1n) is 6.29. The number of pyridine rings is 1. The molecule has 1 unspecified atom stereocenters. The van der Waals surface area contributed by atoms with Crippen LogP contribution in [0.2, 0.25) is 10.0 Å². The molecule has 0 aliphatic heterocycles. The lowest BCUT2D eigenvalue weighted by molar-refractivity contribution is 0.537. The van der Waals surface area contributed by atoms with Gasteiger partial charge in [0.2, 0.25) is 0 Å². The van der Waals surface area contributed by atoms with Crippen LogP contribution in [0.1, 0.15) is 24.2 Å². The van der Waals surface area contributed by atoms with E-state index in [9.17, 15) is 0 Å². The molecule has 1 N–H and O–H groups in total. The number of nitrogens with one attached hydrogen (secondary N) is 1. The largest absolute Gasteiger partial charge is 0.309 e. The number of halogens is 2. The number of benzene rings is 1. The standard InChI is InChI=1S/C15H16Cl2N2/c1-2-18-15(14-8-3-4-9-19-14)10-11-12(16)6-5-7-13(11)17/h3-9,15,18H,2,10H2,1H3. The van der Waals surface area contributed by atoms with E-state index in [0.29, 0.717) is 10.0 Å². The lowest BCUT2D eigenvalue weighted by Crippen LogP contribution is -2.24. The fourth-order valence-electron chi connectivity index (χ4n) is 2.04. The van der Waals surface area contributed by atoms with Crippen molar-refractivity contribution in [2.24, 2.45) is 0 Å². The minimum atomic E-state index is 0.114. The summed E-state index contributed by atoms with van der Waals surface area (Å²) >= 11 is 12.5. The van der Waals surface area contributed by atoms with Crippen LogP contribution in [-0.2, 0) is 6.42 Å². The molecule has 0 saturated heterocycles. The van der Waals surface area contributed by atoms with Crippen molar-refractivity contribution in [3.8, 4) is 0 Å². The molecule has 0 amide bonds. The predicted molar refractivity (Wildman–Crippen MR) is 80.8 cm³/mol. The molecule has 0 spiro atoms. The van der Waals surface area contributed by atoms with Crippen LogP contribution in [0, 0.1) is 0 Å². The van der Waals surface area contributed by atoms with Crippen molar-refractivity contribution in [1.29, 1.82) is 0 Å². The smallest absolute Gasteiger partial charge is 0.0576 e. The van der Waals surface area contributed by atoms with E-state index in [-0.39, 0.29) is 6.04 Å². The number of rotatable bonds is 5. The summed E-state index contributed by atoms with van der Waals surface area (Å²) in [6.45, 7) is 2.94. The van der Waals surface area contributed by atoms with Gasteiger partial charge in [0.1, 0.15) is 0 Å². The van der Waals surface area contributed by atoms with E-state index in [1.165, 1.54) is 0 Å². The molecule has 19 heavy (non-hydrogen) atoms. The van der Waals surface area contributed by atoms with Gasteiger partial charge in [-0.2, -0.15) is 0 Å². The molecule has 4 heteroatoms. The van der Waals surface area contributed by atoms with Gasteiger partial charge < -0.3 is 5.32 Å². The lowest BCUT2D eigenvalue weighted by Gasteiger charge is -2.18. The Morgan fingerprint density at radius 3 is 2.42 bits per heavy atom. The maximum atomic E-state index is 6.23. The molecule has 1 aromatic carbocycles. The first-order valence-corrected chi connectivity index (χ1v) is 7.05. The second-order valence-corrected chi connectivity index (χ2v) is 5.08. The summed E-state index contributed by atoms with van der Waals surface area (Å²) < 4.78 is 0. The van der Waals surface area contributed by atoms with Crippen LogP contribution in [0.5, 0.6) is 0 Å². The average Bonchev–Trinajstić information content (AvgIpc) is 2.43. The third-order valence-electron chi connectivity index (χ3n) is 2.97. The lowest BCUT2D eigenvalue weighted by atomic mass is 10.0. The Labute approximate surface area is 123 Å². The molecule has 0 aliphatic carbocycles. The summed E-state index contributed by atoms with van der Waals surface area (Å²) in [4.78, 5) is 4.40. The van der Waals surface area contributed by atoms with Gasteiger partial charge in [-0.1, -0.05) is 42.3 Å². The SMILES string of the molecule is CCNC(Cc1c(Cl)cccc1Cl)c1ccccn1. The highest BCUT2D eigenvalue weighted by atomic mass is 35.5. The highest BCUT2D eigenvalue weighted by Crippen LogP contribution is 2.28. The molecule has 2 aromatic rings. The first kappa shape index (κ1) is 14.3. The molecule has 0 aliphatic rings. The van der Waals surface area contributed by atoms with E-state index in [4.69, 9.17) is 23.2 Å². The third-order valence-corrected chi connectivity index (χ3v) is 3.67. The molecule has 1 aromatic heterocycles. The van der Waals surface area contributed by atoms with Gasteiger partial charge in [0.05, 0.1) is 11.7 Å². The van der Waals surface area contributed by atoms with Gasteiger partial charge in [0.25, 0.3) is 0 Å². The Bertz CT molecular complexity index is 509. The molecule has 0 bridgehead atoms. The molecule has 2 rings (SSSR count). The third kappa shape index (κ3) is 3.69. The van der Waals surface area contributed by atoms with Crippen molar-refractivity contribution in [3.63, 3.8) is 0 Å². The summed E-state index contributed by atoms with van der Waals surface area (Å²) in [5.74, 6) is 0. The first-order chi connectivity index (χ1) is 9.22. The monoisotopic (exact) mass is 294 g/mol. The fraction of sp³-hybridized carbons (Fsp3) is 0.267. The fourth-order valence-corrected chi connectivity index (χ4v) is 2.59. The van der Waals surface area contributed by atoms with Gasteiger partial charge >= 0.3 is 0 Å². The van der Waals surface area contributed by atoms with E-state index in [1.807, 2.05) is 36.4 Å². The van der Waals surface area contributed by atoms with Gasteiger partial charge in [-0.05, 0) is 42.8 Å². The van der Waals surface area contributed by atoms with Crippen molar-refractivity contribution in [1.82, 2.24) is 10.3 Å². The maximum Gasteiger partial charge on any atom is 0.0576 e. The molecule has 0 saturated carbocycles. The Kier molecular flexibility index (Phi) is 5.20. The zero-order chi connectivity index (χ0) is 13.7. The molecule has 1 atom stereocenters. The summed E-state index contributed by atoms with van der Waals surface area (Å²) in [6, 6.07) is 11.6. The Balaban J connectivity index is 2.27. The van der Waals surface area contributed by atoms with Crippen LogP contribution in [-0.4, -0.2) is 11.5 Å². The van der Waals surface area contributed by atoms with Crippen molar-refractivity contribution in [3.05, 3.63) is 63.9 Å². The number of nitrogens with zero attached hydrogens (tertiary/aromatic N) is 1. The minimum absolute atomic E-state index is 0.114.